The smallest absolute Gasteiger partial charge is 0.406 e. The van der Waals surface area contributed by atoms with Crippen LogP contribution >= 0.6 is 11.3 Å². The van der Waals surface area contributed by atoms with Gasteiger partial charge in [-0.3, -0.25) is 10.2 Å². The van der Waals surface area contributed by atoms with Crippen LogP contribution in [0.4, 0.5) is 13.2 Å². The molecule has 11 heteroatoms. The maximum atomic E-state index is 12.0. The number of carbonyl (C=O) groups excluding carboxylic acids is 1. The number of ether oxygens (including phenoxy) is 1. The Bertz CT molecular complexity index is 772. The lowest BCUT2D eigenvalue weighted by molar-refractivity contribution is -0.274. The monoisotopic (exact) mass is 366 g/mol. The predicted octanol–water partition coefficient (Wildman–Crippen LogP) is 2.27. The molecule has 1 aromatic carbocycles. The molecule has 0 saturated heterocycles. The quantitative estimate of drug-likeness (QED) is 0.795. The number of sulfonamides is 1. The molecule has 0 radical (unpaired) electrons. The Labute approximate surface area is 132 Å². The zero-order chi connectivity index (χ0) is 17.1. The molecule has 0 aliphatic heterocycles. The number of hydrogen-bond acceptors (Lipinski definition) is 5. The molecular weight excluding hydrogens is 357 g/mol. The molecule has 23 heavy (non-hydrogen) atoms. The van der Waals surface area contributed by atoms with Crippen molar-refractivity contribution in [2.45, 2.75) is 11.3 Å². The van der Waals surface area contributed by atoms with Gasteiger partial charge in [0.15, 0.2) is 0 Å². The van der Waals surface area contributed by atoms with E-state index in [1.165, 1.54) is 6.07 Å². The first-order valence-electron chi connectivity index (χ1n) is 5.89. The number of carbonyl (C=O) groups is 1. The fourth-order valence-corrected chi connectivity index (χ4v) is 2.92. The van der Waals surface area contributed by atoms with Gasteiger partial charge in [-0.1, -0.05) is 6.07 Å². The summed E-state index contributed by atoms with van der Waals surface area (Å²) < 4.78 is 63.5. The molecule has 0 unspecified atom stereocenters. The number of amides is 1. The van der Waals surface area contributed by atoms with Crippen molar-refractivity contribution < 1.29 is 31.1 Å². The SMILES string of the molecule is O=C(NNS(=O)(=O)c1ccc(OC(F)(F)F)cc1)c1cccs1. The summed E-state index contributed by atoms with van der Waals surface area (Å²) in [6.07, 6.45) is -4.87. The number of thiophene rings is 1. The molecule has 0 aliphatic rings. The summed E-state index contributed by atoms with van der Waals surface area (Å²) in [5.41, 5.74) is 2.00. The zero-order valence-corrected chi connectivity index (χ0v) is 12.8. The van der Waals surface area contributed by atoms with Crippen molar-refractivity contribution in [3.05, 3.63) is 46.7 Å². The summed E-state index contributed by atoms with van der Waals surface area (Å²) in [4.78, 5) is 13.4. The van der Waals surface area contributed by atoms with Gasteiger partial charge in [0, 0.05) is 0 Å². The minimum atomic E-state index is -4.87. The largest absolute Gasteiger partial charge is 0.573 e. The molecule has 124 valence electrons. The first-order valence-corrected chi connectivity index (χ1v) is 8.25. The van der Waals surface area contributed by atoms with Crippen LogP contribution in [0.2, 0.25) is 0 Å². The van der Waals surface area contributed by atoms with Crippen LogP contribution in [0, 0.1) is 0 Å². The molecule has 0 aliphatic carbocycles. The molecule has 1 aromatic heterocycles. The van der Waals surface area contributed by atoms with Gasteiger partial charge in [-0.05, 0) is 35.7 Å². The third-order valence-electron chi connectivity index (χ3n) is 2.41. The van der Waals surface area contributed by atoms with Crippen LogP contribution in [0.3, 0.4) is 0 Å². The van der Waals surface area contributed by atoms with E-state index >= 15 is 0 Å². The number of alkyl halides is 3. The Morgan fingerprint density at radius 3 is 2.30 bits per heavy atom. The van der Waals surface area contributed by atoms with Crippen molar-refractivity contribution in [2.24, 2.45) is 0 Å². The third-order valence-corrected chi connectivity index (χ3v) is 4.54. The first-order chi connectivity index (χ1) is 10.7. The van der Waals surface area contributed by atoms with Crippen molar-refractivity contribution in [1.82, 2.24) is 10.3 Å². The van der Waals surface area contributed by atoms with Gasteiger partial charge in [0.25, 0.3) is 15.9 Å². The number of rotatable bonds is 5. The normalized spacial score (nSPS) is 12.0. The summed E-state index contributed by atoms with van der Waals surface area (Å²) >= 11 is 1.11. The maximum absolute atomic E-state index is 12.0. The number of nitrogens with one attached hydrogen (secondary N) is 2. The Morgan fingerprint density at radius 2 is 1.78 bits per heavy atom. The Morgan fingerprint density at radius 1 is 1.13 bits per heavy atom. The van der Waals surface area contributed by atoms with Crippen LogP contribution in [0.1, 0.15) is 9.67 Å². The van der Waals surface area contributed by atoms with Crippen LogP contribution in [0.15, 0.2) is 46.7 Å². The summed E-state index contributed by atoms with van der Waals surface area (Å²) in [6.45, 7) is 0. The van der Waals surface area contributed by atoms with Crippen molar-refractivity contribution >= 4 is 27.3 Å². The Kier molecular flexibility index (Phi) is 4.92. The van der Waals surface area contributed by atoms with Gasteiger partial charge in [0.1, 0.15) is 5.75 Å². The van der Waals surface area contributed by atoms with Crippen molar-refractivity contribution in [1.29, 1.82) is 0 Å². The molecule has 2 N–H and O–H groups in total. The summed E-state index contributed by atoms with van der Waals surface area (Å²) in [6, 6.07) is 6.65. The summed E-state index contributed by atoms with van der Waals surface area (Å²) in [7, 11) is -4.12. The van der Waals surface area contributed by atoms with Crippen LogP contribution in [-0.2, 0) is 10.0 Å². The molecule has 2 aromatic rings. The van der Waals surface area contributed by atoms with Crippen molar-refractivity contribution in [3.63, 3.8) is 0 Å². The van der Waals surface area contributed by atoms with Crippen LogP contribution in [0.5, 0.6) is 5.75 Å². The highest BCUT2D eigenvalue weighted by Gasteiger charge is 2.31. The topological polar surface area (TPSA) is 84.5 Å². The zero-order valence-electron chi connectivity index (χ0n) is 11.1. The van der Waals surface area contributed by atoms with E-state index in [0.717, 1.165) is 35.6 Å². The molecule has 0 spiro atoms. The van der Waals surface area contributed by atoms with E-state index in [1.807, 2.05) is 10.3 Å². The molecule has 0 bridgehead atoms. The highest BCUT2D eigenvalue weighted by Crippen LogP contribution is 2.23. The fraction of sp³-hybridized carbons (Fsp3) is 0.0833. The van der Waals surface area contributed by atoms with Crippen LogP contribution in [-0.4, -0.2) is 20.7 Å². The molecule has 1 heterocycles. The van der Waals surface area contributed by atoms with Gasteiger partial charge in [0.2, 0.25) is 0 Å². The van der Waals surface area contributed by atoms with Gasteiger partial charge in [-0.25, -0.2) is 8.42 Å². The second-order valence-electron chi connectivity index (χ2n) is 4.06. The highest BCUT2D eigenvalue weighted by molar-refractivity contribution is 7.89. The van der Waals surface area contributed by atoms with Gasteiger partial charge in [-0.2, -0.15) is 0 Å². The van der Waals surface area contributed by atoms with E-state index in [1.54, 1.807) is 11.4 Å². The molecule has 0 saturated carbocycles. The first kappa shape index (κ1) is 17.2. The standard InChI is InChI=1S/C12H9F3N2O4S2/c13-12(14,15)21-8-3-5-9(6-4-8)23(19,20)17-16-11(18)10-2-1-7-22-10/h1-7,17H,(H,16,18). The summed E-state index contributed by atoms with van der Waals surface area (Å²) in [5, 5.41) is 1.64. The third kappa shape index (κ3) is 4.94. The minimum absolute atomic E-state index is 0.293. The lowest BCUT2D eigenvalue weighted by atomic mass is 10.3. The van der Waals surface area contributed by atoms with Gasteiger partial charge < -0.3 is 4.74 Å². The molecule has 6 nitrogen and oxygen atoms in total. The predicted molar refractivity (Wildman–Crippen MR) is 75.2 cm³/mol. The summed E-state index contributed by atoms with van der Waals surface area (Å²) in [5.74, 6) is -1.21. The number of benzene rings is 1. The second-order valence-corrected chi connectivity index (χ2v) is 6.69. The van der Waals surface area contributed by atoms with Gasteiger partial charge in [0.05, 0.1) is 9.77 Å². The molecule has 0 atom stereocenters. The van der Waals surface area contributed by atoms with E-state index in [-0.39, 0.29) is 4.90 Å². The lowest BCUT2D eigenvalue weighted by Gasteiger charge is -2.10. The highest BCUT2D eigenvalue weighted by atomic mass is 32.2. The number of halogens is 3. The van der Waals surface area contributed by atoms with E-state index in [4.69, 9.17) is 0 Å². The van der Waals surface area contributed by atoms with E-state index in [9.17, 15) is 26.4 Å². The molecule has 2 rings (SSSR count). The lowest BCUT2D eigenvalue weighted by Crippen LogP contribution is -2.41. The Hall–Kier alpha value is -2.11. The van der Waals surface area contributed by atoms with E-state index < -0.39 is 28.0 Å². The molecule has 0 fully saturated rings. The number of hydrogen-bond donors (Lipinski definition) is 2. The maximum Gasteiger partial charge on any atom is 0.573 e. The van der Waals surface area contributed by atoms with E-state index in [0.29, 0.717) is 4.88 Å². The van der Waals surface area contributed by atoms with E-state index in [2.05, 4.69) is 4.74 Å². The molecular formula is C12H9F3N2O4S2. The average molecular weight is 366 g/mol. The van der Waals surface area contributed by atoms with Crippen LogP contribution < -0.4 is 15.0 Å². The average Bonchev–Trinajstić information content (AvgIpc) is 2.98. The van der Waals surface area contributed by atoms with Gasteiger partial charge in [-0.15, -0.1) is 29.3 Å². The molecule has 1 amide bonds. The van der Waals surface area contributed by atoms with Crippen LogP contribution in [0.25, 0.3) is 0 Å². The fourth-order valence-electron chi connectivity index (χ4n) is 1.46. The van der Waals surface area contributed by atoms with Crippen molar-refractivity contribution in [2.75, 3.05) is 0 Å². The minimum Gasteiger partial charge on any atom is -0.406 e. The Balaban J connectivity index is 2.03. The number of hydrazine groups is 1. The second kappa shape index (κ2) is 6.56. The van der Waals surface area contributed by atoms with Gasteiger partial charge >= 0.3 is 6.36 Å². The van der Waals surface area contributed by atoms with Crippen molar-refractivity contribution in [3.8, 4) is 5.75 Å².